The van der Waals surface area contributed by atoms with E-state index in [-0.39, 0.29) is 11.8 Å². The summed E-state index contributed by atoms with van der Waals surface area (Å²) in [6, 6.07) is 10.6. The van der Waals surface area contributed by atoms with Crippen molar-refractivity contribution in [3.63, 3.8) is 0 Å². The van der Waals surface area contributed by atoms with Crippen LogP contribution in [0.2, 0.25) is 0 Å². The topological polar surface area (TPSA) is 40.5 Å². The molecule has 0 fully saturated rings. The number of hydrogen-bond acceptors (Lipinski definition) is 2. The van der Waals surface area contributed by atoms with Gasteiger partial charge in [-0.05, 0) is 63.4 Å². The summed E-state index contributed by atoms with van der Waals surface area (Å²) >= 11 is 0. The summed E-state index contributed by atoms with van der Waals surface area (Å²) in [6.45, 7) is 6.40. The van der Waals surface area contributed by atoms with Gasteiger partial charge in [0, 0.05) is 0 Å². The number of benzene rings is 1. The van der Waals surface area contributed by atoms with E-state index in [1.165, 1.54) is 16.7 Å². The second-order valence-electron chi connectivity index (χ2n) is 7.75. The summed E-state index contributed by atoms with van der Waals surface area (Å²) in [5, 5.41) is 20.1. The molecule has 0 bridgehead atoms. The monoisotopic (exact) mass is 354 g/mol. The summed E-state index contributed by atoms with van der Waals surface area (Å²) in [5.74, 6) is 0.201. The standard InChI is InChI=1S/C24H34O2/c1-18(12-14-21-10-5-4-6-11-21)8-7-9-19(2)13-15-22-20(3)23(25)16-17-24(22)26/h4-6,8,10-11,13,16-17,20,22-26H,7,9,12,14-15H2,1-3H3/b18-8+,19-13+. The fourth-order valence-electron chi connectivity index (χ4n) is 3.54. The van der Waals surface area contributed by atoms with E-state index in [4.69, 9.17) is 0 Å². The van der Waals surface area contributed by atoms with Crippen molar-refractivity contribution in [2.24, 2.45) is 11.8 Å². The van der Waals surface area contributed by atoms with Gasteiger partial charge in [-0.15, -0.1) is 0 Å². The van der Waals surface area contributed by atoms with Crippen molar-refractivity contribution in [1.82, 2.24) is 0 Å². The SMILES string of the molecule is C/C(=C\CC1C(O)C=CC(O)C1C)CC/C=C(\C)CCc1ccccc1. The summed E-state index contributed by atoms with van der Waals surface area (Å²) in [6.07, 6.45) is 12.3. The molecule has 1 aromatic rings. The van der Waals surface area contributed by atoms with Crippen molar-refractivity contribution in [3.05, 3.63) is 71.3 Å². The van der Waals surface area contributed by atoms with Crippen LogP contribution in [0.15, 0.2) is 65.8 Å². The van der Waals surface area contributed by atoms with E-state index in [1.807, 2.05) is 6.92 Å². The molecule has 0 aliphatic heterocycles. The first-order valence-corrected chi connectivity index (χ1v) is 9.87. The lowest BCUT2D eigenvalue weighted by Crippen LogP contribution is -2.35. The van der Waals surface area contributed by atoms with Crippen LogP contribution < -0.4 is 0 Å². The molecule has 0 radical (unpaired) electrons. The second kappa shape index (κ2) is 10.5. The van der Waals surface area contributed by atoms with E-state index in [2.05, 4.69) is 56.3 Å². The second-order valence-corrected chi connectivity index (χ2v) is 7.75. The fraction of sp³-hybridized carbons (Fsp3) is 0.500. The van der Waals surface area contributed by atoms with Crippen LogP contribution in [-0.4, -0.2) is 22.4 Å². The molecule has 2 rings (SSSR count). The Morgan fingerprint density at radius 2 is 1.58 bits per heavy atom. The highest BCUT2D eigenvalue weighted by Gasteiger charge is 2.30. The van der Waals surface area contributed by atoms with Crippen LogP contribution in [0.3, 0.4) is 0 Å². The third-order valence-electron chi connectivity index (χ3n) is 5.58. The van der Waals surface area contributed by atoms with Gasteiger partial charge in [0.05, 0.1) is 12.2 Å². The maximum atomic E-state index is 10.1. The van der Waals surface area contributed by atoms with Gasteiger partial charge in [-0.2, -0.15) is 0 Å². The third kappa shape index (κ3) is 6.59. The zero-order chi connectivity index (χ0) is 18.9. The maximum Gasteiger partial charge on any atom is 0.0756 e. The minimum atomic E-state index is -0.447. The van der Waals surface area contributed by atoms with E-state index < -0.39 is 12.2 Å². The van der Waals surface area contributed by atoms with E-state index >= 15 is 0 Å². The zero-order valence-electron chi connectivity index (χ0n) is 16.4. The van der Waals surface area contributed by atoms with Crippen molar-refractivity contribution in [2.45, 2.75) is 65.1 Å². The first-order valence-electron chi connectivity index (χ1n) is 9.87. The van der Waals surface area contributed by atoms with Crippen molar-refractivity contribution < 1.29 is 10.2 Å². The van der Waals surface area contributed by atoms with Gasteiger partial charge in [-0.25, -0.2) is 0 Å². The zero-order valence-corrected chi connectivity index (χ0v) is 16.4. The van der Waals surface area contributed by atoms with E-state index in [0.29, 0.717) is 0 Å². The maximum absolute atomic E-state index is 10.1. The van der Waals surface area contributed by atoms with Gasteiger partial charge < -0.3 is 10.2 Å². The smallest absolute Gasteiger partial charge is 0.0756 e. The van der Waals surface area contributed by atoms with Crippen molar-refractivity contribution in [2.75, 3.05) is 0 Å². The number of rotatable bonds is 8. The largest absolute Gasteiger partial charge is 0.389 e. The highest BCUT2D eigenvalue weighted by Crippen LogP contribution is 2.29. The fourth-order valence-corrected chi connectivity index (χ4v) is 3.54. The van der Waals surface area contributed by atoms with Crippen LogP contribution >= 0.6 is 0 Å². The lowest BCUT2D eigenvalue weighted by Gasteiger charge is -2.32. The number of hydrogen-bond donors (Lipinski definition) is 2. The predicted molar refractivity (Wildman–Crippen MR) is 110 cm³/mol. The number of allylic oxidation sites excluding steroid dienone is 4. The number of aliphatic hydroxyl groups is 2. The Bertz CT molecular complexity index is 627. The highest BCUT2D eigenvalue weighted by molar-refractivity contribution is 5.16. The summed E-state index contributed by atoms with van der Waals surface area (Å²) < 4.78 is 0. The molecule has 1 aromatic carbocycles. The molecule has 26 heavy (non-hydrogen) atoms. The van der Waals surface area contributed by atoms with Crippen molar-refractivity contribution in [3.8, 4) is 0 Å². The predicted octanol–water partition coefficient (Wildman–Crippen LogP) is 5.23. The van der Waals surface area contributed by atoms with Gasteiger partial charge in [0.25, 0.3) is 0 Å². The molecule has 1 aliphatic carbocycles. The Hall–Kier alpha value is -1.64. The Morgan fingerprint density at radius 3 is 2.31 bits per heavy atom. The molecule has 1 aliphatic rings. The molecule has 0 saturated carbocycles. The molecule has 142 valence electrons. The lowest BCUT2D eigenvalue weighted by atomic mass is 9.78. The molecule has 2 nitrogen and oxygen atoms in total. The molecule has 4 atom stereocenters. The van der Waals surface area contributed by atoms with Gasteiger partial charge in [0.2, 0.25) is 0 Å². The van der Waals surface area contributed by atoms with Crippen LogP contribution in [0, 0.1) is 11.8 Å². The minimum Gasteiger partial charge on any atom is -0.389 e. The lowest BCUT2D eigenvalue weighted by molar-refractivity contribution is 0.0432. The van der Waals surface area contributed by atoms with E-state index in [1.54, 1.807) is 12.2 Å². The van der Waals surface area contributed by atoms with Crippen LogP contribution in [-0.2, 0) is 6.42 Å². The quantitative estimate of drug-likeness (QED) is 0.628. The number of aliphatic hydroxyl groups excluding tert-OH is 2. The molecule has 0 amide bonds. The molecular formula is C24H34O2. The van der Waals surface area contributed by atoms with Gasteiger partial charge in [0.15, 0.2) is 0 Å². The molecule has 4 unspecified atom stereocenters. The summed E-state index contributed by atoms with van der Waals surface area (Å²) in [4.78, 5) is 0. The van der Waals surface area contributed by atoms with Crippen LogP contribution in [0.1, 0.15) is 52.0 Å². The minimum absolute atomic E-state index is 0.0965. The van der Waals surface area contributed by atoms with E-state index in [9.17, 15) is 10.2 Å². The first kappa shape index (κ1) is 20.7. The van der Waals surface area contributed by atoms with Crippen molar-refractivity contribution >= 4 is 0 Å². The van der Waals surface area contributed by atoms with Crippen LogP contribution in [0.4, 0.5) is 0 Å². The molecular weight excluding hydrogens is 320 g/mol. The Kier molecular flexibility index (Phi) is 8.34. The average Bonchev–Trinajstić information content (AvgIpc) is 2.64. The number of aryl methyl sites for hydroxylation is 1. The molecule has 0 saturated heterocycles. The van der Waals surface area contributed by atoms with Crippen molar-refractivity contribution in [1.29, 1.82) is 0 Å². The average molecular weight is 355 g/mol. The normalized spacial score (nSPS) is 27.0. The summed E-state index contributed by atoms with van der Waals surface area (Å²) in [5.41, 5.74) is 4.21. The van der Waals surface area contributed by atoms with Gasteiger partial charge in [-0.1, -0.05) is 72.7 Å². The first-order chi connectivity index (χ1) is 12.5. The van der Waals surface area contributed by atoms with Gasteiger partial charge in [0.1, 0.15) is 0 Å². The Labute approximate surface area is 159 Å². The highest BCUT2D eigenvalue weighted by atomic mass is 16.3. The molecule has 0 aromatic heterocycles. The van der Waals surface area contributed by atoms with Gasteiger partial charge >= 0.3 is 0 Å². The van der Waals surface area contributed by atoms with Gasteiger partial charge in [-0.3, -0.25) is 0 Å². The Morgan fingerprint density at radius 1 is 0.923 bits per heavy atom. The van der Waals surface area contributed by atoms with Crippen LogP contribution in [0.25, 0.3) is 0 Å². The Balaban J connectivity index is 1.74. The molecule has 0 heterocycles. The molecule has 2 heteroatoms. The van der Waals surface area contributed by atoms with Crippen LogP contribution in [0.5, 0.6) is 0 Å². The molecule has 0 spiro atoms. The van der Waals surface area contributed by atoms with E-state index in [0.717, 1.165) is 32.1 Å². The third-order valence-corrected chi connectivity index (χ3v) is 5.58. The summed E-state index contributed by atoms with van der Waals surface area (Å²) in [7, 11) is 0. The molecule has 2 N–H and O–H groups in total.